The van der Waals surface area contributed by atoms with Gasteiger partial charge in [0.05, 0.1) is 6.10 Å². The second kappa shape index (κ2) is 6.02. The highest BCUT2D eigenvalue weighted by Crippen LogP contribution is 2.39. The van der Waals surface area contributed by atoms with Gasteiger partial charge in [0.25, 0.3) is 5.91 Å². The average Bonchev–Trinajstić information content (AvgIpc) is 3.52. The van der Waals surface area contributed by atoms with Crippen LogP contribution in [0.3, 0.4) is 0 Å². The van der Waals surface area contributed by atoms with Gasteiger partial charge >= 0.3 is 0 Å². The summed E-state index contributed by atoms with van der Waals surface area (Å²) in [6, 6.07) is 7.25. The zero-order valence-corrected chi connectivity index (χ0v) is 13.7. The van der Waals surface area contributed by atoms with E-state index in [1.807, 2.05) is 12.1 Å². The number of carbonyl (C=O) groups excluding carboxylic acids is 1. The van der Waals surface area contributed by atoms with E-state index in [9.17, 15) is 9.90 Å². The molecule has 126 valence electrons. The van der Waals surface area contributed by atoms with Gasteiger partial charge in [-0.1, -0.05) is 17.3 Å². The van der Waals surface area contributed by atoms with Crippen LogP contribution in [-0.4, -0.2) is 45.8 Å². The first kappa shape index (κ1) is 15.3. The Morgan fingerprint density at radius 2 is 2.17 bits per heavy atom. The van der Waals surface area contributed by atoms with Crippen LogP contribution in [0.2, 0.25) is 0 Å². The van der Waals surface area contributed by atoms with Gasteiger partial charge < -0.3 is 14.5 Å². The highest BCUT2D eigenvalue weighted by molar-refractivity contribution is 5.95. The molecule has 2 fully saturated rings. The average molecular weight is 327 g/mol. The van der Waals surface area contributed by atoms with Gasteiger partial charge in [-0.2, -0.15) is 4.98 Å². The summed E-state index contributed by atoms with van der Waals surface area (Å²) in [4.78, 5) is 18.6. The van der Waals surface area contributed by atoms with Crippen LogP contribution in [0.25, 0.3) is 11.4 Å². The summed E-state index contributed by atoms with van der Waals surface area (Å²) in [5.74, 6) is 1.86. The number of likely N-dealkylation sites (N-methyl/N-ethyl adjacent to an activating group) is 1. The normalized spacial score (nSPS) is 18.4. The van der Waals surface area contributed by atoms with Gasteiger partial charge in [0.2, 0.25) is 11.7 Å². The smallest absolute Gasteiger partial charge is 0.253 e. The number of nitrogens with zero attached hydrogens (tertiary/aromatic N) is 3. The van der Waals surface area contributed by atoms with E-state index in [1.165, 1.54) is 0 Å². The summed E-state index contributed by atoms with van der Waals surface area (Å²) < 4.78 is 5.29. The third-order valence-electron chi connectivity index (χ3n) is 4.71. The van der Waals surface area contributed by atoms with Crippen LogP contribution in [-0.2, 0) is 0 Å². The molecule has 0 spiro atoms. The van der Waals surface area contributed by atoms with E-state index in [-0.39, 0.29) is 5.91 Å². The number of benzene rings is 1. The lowest BCUT2D eigenvalue weighted by molar-refractivity contribution is 0.0645. The largest absolute Gasteiger partial charge is 0.391 e. The zero-order chi connectivity index (χ0) is 16.7. The molecule has 0 aliphatic heterocycles. The minimum Gasteiger partial charge on any atom is -0.391 e. The summed E-state index contributed by atoms with van der Waals surface area (Å²) in [6.45, 7) is 0.363. The van der Waals surface area contributed by atoms with Crippen molar-refractivity contribution in [1.82, 2.24) is 15.0 Å². The molecule has 1 atom stereocenters. The third-order valence-corrected chi connectivity index (χ3v) is 4.71. The van der Waals surface area contributed by atoms with E-state index in [4.69, 9.17) is 4.52 Å². The summed E-state index contributed by atoms with van der Waals surface area (Å²) >= 11 is 0. The van der Waals surface area contributed by atoms with Crippen LogP contribution >= 0.6 is 0 Å². The highest BCUT2D eigenvalue weighted by Gasteiger charge is 2.31. The lowest BCUT2D eigenvalue weighted by Crippen LogP contribution is -2.35. The Morgan fingerprint density at radius 1 is 1.38 bits per heavy atom. The highest BCUT2D eigenvalue weighted by atomic mass is 16.5. The first-order valence-corrected chi connectivity index (χ1v) is 8.49. The molecule has 4 rings (SSSR count). The molecule has 2 saturated carbocycles. The van der Waals surface area contributed by atoms with Crippen molar-refractivity contribution in [3.05, 3.63) is 35.7 Å². The molecular formula is C18H21N3O3. The Morgan fingerprint density at radius 3 is 2.88 bits per heavy atom. The molecule has 1 unspecified atom stereocenters. The second-order valence-corrected chi connectivity index (χ2v) is 6.90. The molecule has 24 heavy (non-hydrogen) atoms. The summed E-state index contributed by atoms with van der Waals surface area (Å²) in [5, 5.41) is 14.0. The second-order valence-electron chi connectivity index (χ2n) is 6.90. The predicted molar refractivity (Wildman–Crippen MR) is 87.4 cm³/mol. The lowest BCUT2D eigenvalue weighted by atomic mass is 10.1. The van der Waals surface area contributed by atoms with Crippen molar-refractivity contribution in [2.45, 2.75) is 37.7 Å². The summed E-state index contributed by atoms with van der Waals surface area (Å²) in [7, 11) is 1.72. The SMILES string of the molecule is CN(CC(O)C1CC1)C(=O)c1cccc(-c2noc(C3CC3)n2)c1. The Bertz CT molecular complexity index is 749. The number of hydrogen-bond acceptors (Lipinski definition) is 5. The van der Waals surface area contributed by atoms with Gasteiger partial charge in [-0.15, -0.1) is 0 Å². The van der Waals surface area contributed by atoms with E-state index in [0.717, 1.165) is 31.2 Å². The Labute approximate surface area is 140 Å². The molecule has 1 aromatic heterocycles. The molecular weight excluding hydrogens is 306 g/mol. The zero-order valence-electron chi connectivity index (χ0n) is 13.7. The number of carbonyl (C=O) groups is 1. The number of hydrogen-bond donors (Lipinski definition) is 1. The Balaban J connectivity index is 1.49. The van der Waals surface area contributed by atoms with Gasteiger partial charge in [0, 0.05) is 30.6 Å². The summed E-state index contributed by atoms with van der Waals surface area (Å²) in [5.41, 5.74) is 1.34. The molecule has 2 aliphatic carbocycles. The van der Waals surface area contributed by atoms with Gasteiger partial charge in [-0.25, -0.2) is 0 Å². The molecule has 0 bridgehead atoms. The lowest BCUT2D eigenvalue weighted by Gasteiger charge is -2.21. The maximum atomic E-state index is 12.6. The molecule has 1 heterocycles. The van der Waals surface area contributed by atoms with E-state index >= 15 is 0 Å². The Hall–Kier alpha value is -2.21. The van der Waals surface area contributed by atoms with Crippen LogP contribution in [0.5, 0.6) is 0 Å². The molecule has 1 aromatic carbocycles. The number of aliphatic hydroxyl groups is 1. The van der Waals surface area contributed by atoms with Crippen LogP contribution in [0.4, 0.5) is 0 Å². The van der Waals surface area contributed by atoms with Gasteiger partial charge in [0.1, 0.15) is 0 Å². The Kier molecular flexibility index (Phi) is 3.84. The predicted octanol–water partition coefficient (Wildman–Crippen LogP) is 2.46. The minimum absolute atomic E-state index is 0.109. The van der Waals surface area contributed by atoms with Gasteiger partial charge in [-0.05, 0) is 43.7 Å². The first-order valence-electron chi connectivity index (χ1n) is 8.49. The van der Waals surface area contributed by atoms with Crippen LogP contribution in [0, 0.1) is 5.92 Å². The number of aliphatic hydroxyl groups excluding tert-OH is 1. The van der Waals surface area contributed by atoms with Crippen molar-refractivity contribution < 1.29 is 14.4 Å². The standard InChI is InChI=1S/C18H21N3O3/c1-21(10-15(22)11-5-6-11)18(23)14-4-2-3-13(9-14)16-19-17(24-20-16)12-7-8-12/h2-4,9,11-12,15,22H,5-8,10H2,1H3. The summed E-state index contributed by atoms with van der Waals surface area (Å²) in [6.07, 6.45) is 3.89. The van der Waals surface area contributed by atoms with Crippen LogP contribution in [0.1, 0.15) is 47.8 Å². The van der Waals surface area contributed by atoms with Gasteiger partial charge in [0.15, 0.2) is 0 Å². The van der Waals surface area contributed by atoms with Gasteiger partial charge in [-0.3, -0.25) is 4.79 Å². The quantitative estimate of drug-likeness (QED) is 0.881. The molecule has 6 nitrogen and oxygen atoms in total. The van der Waals surface area contributed by atoms with Crippen LogP contribution in [0.15, 0.2) is 28.8 Å². The van der Waals surface area contributed by atoms with Crippen LogP contribution < -0.4 is 0 Å². The minimum atomic E-state index is -0.430. The van der Waals surface area contributed by atoms with Crippen molar-refractivity contribution >= 4 is 5.91 Å². The molecule has 2 aromatic rings. The van der Waals surface area contributed by atoms with Crippen molar-refractivity contribution in [3.8, 4) is 11.4 Å². The number of rotatable bonds is 6. The number of aromatic nitrogens is 2. The van der Waals surface area contributed by atoms with Crippen molar-refractivity contribution in [2.24, 2.45) is 5.92 Å². The van der Waals surface area contributed by atoms with Crippen molar-refractivity contribution in [1.29, 1.82) is 0 Å². The third kappa shape index (κ3) is 3.19. The molecule has 0 radical (unpaired) electrons. The maximum Gasteiger partial charge on any atom is 0.253 e. The van der Waals surface area contributed by atoms with E-state index in [1.54, 1.807) is 24.1 Å². The first-order chi connectivity index (χ1) is 11.6. The fraction of sp³-hybridized carbons (Fsp3) is 0.500. The van der Waals surface area contributed by atoms with E-state index < -0.39 is 6.10 Å². The fourth-order valence-electron chi connectivity index (χ4n) is 2.85. The molecule has 0 saturated heterocycles. The van der Waals surface area contributed by atoms with Crippen molar-refractivity contribution in [3.63, 3.8) is 0 Å². The fourth-order valence-corrected chi connectivity index (χ4v) is 2.85. The topological polar surface area (TPSA) is 79.5 Å². The molecule has 2 aliphatic rings. The van der Waals surface area contributed by atoms with E-state index in [2.05, 4.69) is 10.1 Å². The van der Waals surface area contributed by atoms with E-state index in [0.29, 0.717) is 35.7 Å². The molecule has 1 amide bonds. The maximum absolute atomic E-state index is 12.6. The number of amides is 1. The van der Waals surface area contributed by atoms with Crippen molar-refractivity contribution in [2.75, 3.05) is 13.6 Å². The monoisotopic (exact) mass is 327 g/mol. The molecule has 6 heteroatoms. The molecule has 1 N–H and O–H groups in total.